The van der Waals surface area contributed by atoms with Gasteiger partial charge in [0.15, 0.2) is 11.6 Å². The lowest BCUT2D eigenvalue weighted by molar-refractivity contribution is 0.0980. The zero-order valence-electron chi connectivity index (χ0n) is 23.1. The highest BCUT2D eigenvalue weighted by Crippen LogP contribution is 2.38. The van der Waals surface area contributed by atoms with E-state index in [4.69, 9.17) is 0 Å². The standard InChI is InChI=1S/C25H24N2O2.3C2H6/c1-5-16-13-21(15(3)12-14(16)2)27-20-11-10-19(26-4)22-23(20)25(29)18-9-7-6-8-17(18)24(22)28;3*1-2/h6-13,26-27H,5H2,1-4H3;3*1-2H3. The third-order valence-electron chi connectivity index (χ3n) is 5.68. The van der Waals surface area contributed by atoms with Crippen LogP contribution in [0.5, 0.6) is 0 Å². The Morgan fingerprint density at radius 1 is 0.657 bits per heavy atom. The van der Waals surface area contributed by atoms with Crippen LogP contribution in [-0.2, 0) is 6.42 Å². The molecule has 0 atom stereocenters. The first-order chi connectivity index (χ1) is 17.0. The van der Waals surface area contributed by atoms with Crippen LogP contribution in [0.3, 0.4) is 0 Å². The first-order valence-electron chi connectivity index (χ1n) is 12.9. The highest BCUT2D eigenvalue weighted by atomic mass is 16.1. The van der Waals surface area contributed by atoms with Crippen molar-refractivity contribution in [3.05, 3.63) is 87.5 Å². The van der Waals surface area contributed by atoms with Gasteiger partial charge in [-0.15, -0.1) is 0 Å². The van der Waals surface area contributed by atoms with Crippen molar-refractivity contribution in [3.63, 3.8) is 0 Å². The number of aryl methyl sites for hydroxylation is 3. The maximum absolute atomic E-state index is 13.4. The number of hydrogen-bond donors (Lipinski definition) is 2. The van der Waals surface area contributed by atoms with Gasteiger partial charge >= 0.3 is 0 Å². The normalized spacial score (nSPS) is 10.8. The molecule has 0 heterocycles. The van der Waals surface area contributed by atoms with E-state index in [-0.39, 0.29) is 11.6 Å². The molecule has 3 aromatic carbocycles. The molecule has 0 amide bonds. The largest absolute Gasteiger partial charge is 0.388 e. The Balaban J connectivity index is 0.000000949. The lowest BCUT2D eigenvalue weighted by atomic mass is 9.82. The SMILES string of the molecule is CC.CC.CC.CCc1cc(Nc2ccc(NC)c3c2C(=O)c2ccccc2C3=O)c(C)cc1C. The molecule has 1 aliphatic rings. The third-order valence-corrected chi connectivity index (χ3v) is 5.68. The summed E-state index contributed by atoms with van der Waals surface area (Å²) in [5.41, 5.74) is 7.64. The Bertz CT molecular complexity index is 1160. The number of hydrogen-bond acceptors (Lipinski definition) is 4. The number of nitrogens with one attached hydrogen (secondary N) is 2. The second-order valence-electron chi connectivity index (χ2n) is 7.44. The van der Waals surface area contributed by atoms with Gasteiger partial charge in [0.05, 0.1) is 16.8 Å². The summed E-state index contributed by atoms with van der Waals surface area (Å²) in [6, 6.07) is 15.0. The zero-order chi connectivity index (χ0) is 26.7. The topological polar surface area (TPSA) is 58.2 Å². The van der Waals surface area contributed by atoms with E-state index in [1.807, 2.05) is 60.6 Å². The Hall–Kier alpha value is -3.40. The van der Waals surface area contributed by atoms with Crippen LogP contribution in [0.2, 0.25) is 0 Å². The number of carbonyl (C=O) groups excluding carboxylic acids is 2. The number of fused-ring (bicyclic) bond motifs is 2. The van der Waals surface area contributed by atoms with Gasteiger partial charge in [-0.2, -0.15) is 0 Å². The van der Waals surface area contributed by atoms with Crippen molar-refractivity contribution in [3.8, 4) is 0 Å². The van der Waals surface area contributed by atoms with Gasteiger partial charge in [-0.3, -0.25) is 9.59 Å². The van der Waals surface area contributed by atoms with Crippen molar-refractivity contribution in [1.29, 1.82) is 0 Å². The maximum atomic E-state index is 13.4. The lowest BCUT2D eigenvalue weighted by Crippen LogP contribution is -2.23. The highest BCUT2D eigenvalue weighted by Gasteiger charge is 2.33. The van der Waals surface area contributed by atoms with Gasteiger partial charge in [0.2, 0.25) is 0 Å². The van der Waals surface area contributed by atoms with Crippen LogP contribution in [0, 0.1) is 13.8 Å². The van der Waals surface area contributed by atoms with E-state index in [1.165, 1.54) is 11.1 Å². The van der Waals surface area contributed by atoms with Crippen LogP contribution in [-0.4, -0.2) is 18.6 Å². The fraction of sp³-hybridized carbons (Fsp3) is 0.355. The summed E-state index contributed by atoms with van der Waals surface area (Å²) in [6.45, 7) is 18.3. The molecular formula is C31H42N2O2. The lowest BCUT2D eigenvalue weighted by Gasteiger charge is -2.24. The van der Waals surface area contributed by atoms with E-state index in [2.05, 4.69) is 36.6 Å². The quantitative estimate of drug-likeness (QED) is 0.311. The average molecular weight is 475 g/mol. The molecule has 0 saturated carbocycles. The van der Waals surface area contributed by atoms with Gasteiger partial charge in [-0.05, 0) is 55.2 Å². The summed E-state index contributed by atoms with van der Waals surface area (Å²) in [6.07, 6.45) is 0.933. The molecule has 0 saturated heterocycles. The van der Waals surface area contributed by atoms with Gasteiger partial charge in [0.25, 0.3) is 0 Å². The van der Waals surface area contributed by atoms with Crippen molar-refractivity contribution in [2.24, 2.45) is 0 Å². The fourth-order valence-electron chi connectivity index (χ4n) is 4.09. The minimum atomic E-state index is -0.129. The van der Waals surface area contributed by atoms with Crippen LogP contribution >= 0.6 is 0 Å². The minimum Gasteiger partial charge on any atom is -0.388 e. The summed E-state index contributed by atoms with van der Waals surface area (Å²) in [4.78, 5) is 26.6. The molecule has 0 aromatic heterocycles. The molecule has 0 aliphatic heterocycles. The van der Waals surface area contributed by atoms with Gasteiger partial charge in [0, 0.05) is 29.5 Å². The number of carbonyl (C=O) groups is 2. The number of rotatable bonds is 4. The number of anilines is 3. The van der Waals surface area contributed by atoms with Crippen molar-refractivity contribution < 1.29 is 9.59 Å². The second-order valence-corrected chi connectivity index (χ2v) is 7.44. The molecule has 4 nitrogen and oxygen atoms in total. The molecule has 0 fully saturated rings. The molecule has 1 aliphatic carbocycles. The predicted molar refractivity (Wildman–Crippen MR) is 152 cm³/mol. The van der Waals surface area contributed by atoms with Crippen LogP contribution in [0.4, 0.5) is 17.1 Å². The number of benzene rings is 3. The Kier molecular flexibility index (Phi) is 11.9. The molecular weight excluding hydrogens is 432 g/mol. The summed E-state index contributed by atoms with van der Waals surface area (Å²) >= 11 is 0. The summed E-state index contributed by atoms with van der Waals surface area (Å²) in [5.74, 6) is -0.256. The van der Waals surface area contributed by atoms with Crippen LogP contribution in [0.1, 0.15) is 97.0 Å². The van der Waals surface area contributed by atoms with E-state index in [0.29, 0.717) is 33.6 Å². The van der Waals surface area contributed by atoms with Gasteiger partial charge in [-0.1, -0.05) is 78.8 Å². The van der Waals surface area contributed by atoms with E-state index < -0.39 is 0 Å². The molecule has 0 spiro atoms. The Morgan fingerprint density at radius 3 is 1.63 bits per heavy atom. The molecule has 0 bridgehead atoms. The van der Waals surface area contributed by atoms with Crippen LogP contribution < -0.4 is 10.6 Å². The molecule has 0 unspecified atom stereocenters. The van der Waals surface area contributed by atoms with E-state index in [1.54, 1.807) is 31.3 Å². The number of ketones is 2. The first-order valence-corrected chi connectivity index (χ1v) is 12.9. The monoisotopic (exact) mass is 474 g/mol. The Morgan fingerprint density at radius 2 is 1.14 bits per heavy atom. The van der Waals surface area contributed by atoms with Crippen molar-refractivity contribution >= 4 is 28.6 Å². The molecule has 0 radical (unpaired) electrons. The smallest absolute Gasteiger partial charge is 0.196 e. The molecule has 2 N–H and O–H groups in total. The van der Waals surface area contributed by atoms with Crippen molar-refractivity contribution in [2.45, 2.75) is 68.7 Å². The van der Waals surface area contributed by atoms with Crippen molar-refractivity contribution in [1.82, 2.24) is 0 Å². The molecule has 188 valence electrons. The maximum Gasteiger partial charge on any atom is 0.196 e. The summed E-state index contributed by atoms with van der Waals surface area (Å²) < 4.78 is 0. The first kappa shape index (κ1) is 29.6. The average Bonchev–Trinajstić information content (AvgIpc) is 2.92. The van der Waals surface area contributed by atoms with Gasteiger partial charge < -0.3 is 10.6 Å². The van der Waals surface area contributed by atoms with E-state index >= 15 is 0 Å². The van der Waals surface area contributed by atoms with Gasteiger partial charge in [0.1, 0.15) is 0 Å². The third kappa shape index (κ3) is 6.00. The van der Waals surface area contributed by atoms with Gasteiger partial charge in [-0.25, -0.2) is 0 Å². The summed E-state index contributed by atoms with van der Waals surface area (Å²) in [7, 11) is 1.76. The Labute approximate surface area is 212 Å². The molecule has 3 aromatic rings. The molecule has 4 heteroatoms. The fourth-order valence-corrected chi connectivity index (χ4v) is 4.09. The van der Waals surface area contributed by atoms with Crippen LogP contribution in [0.15, 0.2) is 48.5 Å². The molecule has 35 heavy (non-hydrogen) atoms. The van der Waals surface area contributed by atoms with E-state index in [9.17, 15) is 9.59 Å². The molecule has 4 rings (SSSR count). The minimum absolute atomic E-state index is 0.127. The van der Waals surface area contributed by atoms with Crippen LogP contribution in [0.25, 0.3) is 0 Å². The van der Waals surface area contributed by atoms with E-state index in [0.717, 1.165) is 17.7 Å². The highest BCUT2D eigenvalue weighted by molar-refractivity contribution is 6.32. The predicted octanol–water partition coefficient (Wildman–Crippen LogP) is 8.51. The zero-order valence-corrected chi connectivity index (χ0v) is 23.1. The summed E-state index contributed by atoms with van der Waals surface area (Å²) in [5, 5.41) is 6.50. The van der Waals surface area contributed by atoms with Crippen molar-refractivity contribution in [2.75, 3.05) is 17.7 Å². The second kappa shape index (κ2) is 14.1.